The predicted octanol–water partition coefficient (Wildman–Crippen LogP) is 13.7. The van der Waals surface area contributed by atoms with Crippen LogP contribution in [0.1, 0.15) is 0 Å². The number of aromatic nitrogens is 3. The van der Waals surface area contributed by atoms with Crippen LogP contribution in [0.25, 0.3) is 72.5 Å². The zero-order valence-corrected chi connectivity index (χ0v) is 30.6. The third-order valence-corrected chi connectivity index (χ3v) is 10.4. The molecule has 0 aliphatic heterocycles. The van der Waals surface area contributed by atoms with Gasteiger partial charge in [0.2, 0.25) is 0 Å². The Hall–Kier alpha value is -7.56. The Morgan fingerprint density at radius 2 is 0.804 bits per heavy atom. The minimum absolute atomic E-state index is 0.699. The second-order valence-electron chi connectivity index (χ2n) is 13.9. The van der Waals surface area contributed by atoms with Crippen molar-refractivity contribution in [2.45, 2.75) is 0 Å². The third-order valence-electron chi connectivity index (χ3n) is 10.4. The van der Waals surface area contributed by atoms with Gasteiger partial charge in [-0.25, -0.2) is 9.97 Å². The van der Waals surface area contributed by atoms with Crippen molar-refractivity contribution >= 4 is 39.0 Å². The fourth-order valence-electron chi connectivity index (χ4n) is 7.70. The topological polar surface area (TPSA) is 34.0 Å². The van der Waals surface area contributed by atoms with E-state index in [0.717, 1.165) is 72.6 Å². The van der Waals surface area contributed by atoms with Gasteiger partial charge in [-0.05, 0) is 82.9 Å². The highest BCUT2D eigenvalue weighted by atomic mass is 15.1. The summed E-state index contributed by atoms with van der Waals surface area (Å²) in [6.45, 7) is 0. The van der Waals surface area contributed by atoms with Gasteiger partial charge < -0.3 is 4.90 Å². The Labute approximate surface area is 326 Å². The Balaban J connectivity index is 1.11. The molecule has 10 aromatic rings. The Kier molecular flexibility index (Phi) is 8.47. The van der Waals surface area contributed by atoms with Gasteiger partial charge in [-0.15, -0.1) is 0 Å². The molecule has 0 N–H and O–H groups in total. The Bertz CT molecular complexity index is 2910. The second-order valence-corrected chi connectivity index (χ2v) is 13.9. The van der Waals surface area contributed by atoms with E-state index in [1.165, 1.54) is 11.1 Å². The van der Waals surface area contributed by atoms with Crippen LogP contribution in [0.5, 0.6) is 0 Å². The summed E-state index contributed by atoms with van der Waals surface area (Å²) in [7, 11) is 0. The maximum atomic E-state index is 5.31. The molecule has 2 aromatic heterocycles. The summed E-state index contributed by atoms with van der Waals surface area (Å²) in [5.41, 5.74) is 13.9. The highest BCUT2D eigenvalue weighted by Gasteiger charge is 2.22. The molecule has 56 heavy (non-hydrogen) atoms. The molecule has 8 aromatic carbocycles. The van der Waals surface area contributed by atoms with Gasteiger partial charge in [0.05, 0.1) is 16.6 Å². The zero-order chi connectivity index (χ0) is 37.3. The number of nitrogens with zero attached hydrogens (tertiary/aromatic N) is 4. The first-order chi connectivity index (χ1) is 27.8. The standard InChI is InChI=1S/C52H36N4/c1-6-16-37(17-7-1)38-26-31-45(32-27-38)55(43-22-12-4-13-23-43)46-33-28-39(29-34-46)42-30-35-48-47(36-42)49-50(40-18-8-2-9-19-40)53-51(41-20-10-3-11-21-41)54-52(49)56(48)44-24-14-5-15-25-44/h1-36H. The van der Waals surface area contributed by atoms with E-state index in [1.54, 1.807) is 0 Å². The first-order valence-corrected chi connectivity index (χ1v) is 18.9. The average molecular weight is 717 g/mol. The smallest absolute Gasteiger partial charge is 0.162 e. The molecule has 0 saturated heterocycles. The lowest BCUT2D eigenvalue weighted by Gasteiger charge is -2.26. The van der Waals surface area contributed by atoms with Crippen LogP contribution in [-0.2, 0) is 0 Å². The van der Waals surface area contributed by atoms with Gasteiger partial charge in [-0.3, -0.25) is 4.57 Å². The molecule has 0 aliphatic carbocycles. The van der Waals surface area contributed by atoms with E-state index in [0.29, 0.717) is 5.82 Å². The number of para-hydroxylation sites is 2. The monoisotopic (exact) mass is 716 g/mol. The molecular weight excluding hydrogens is 681 g/mol. The van der Waals surface area contributed by atoms with E-state index >= 15 is 0 Å². The normalized spacial score (nSPS) is 11.2. The van der Waals surface area contributed by atoms with E-state index in [1.807, 2.05) is 24.3 Å². The molecule has 264 valence electrons. The molecule has 10 rings (SSSR count). The summed E-state index contributed by atoms with van der Waals surface area (Å²) in [6.07, 6.45) is 0. The van der Waals surface area contributed by atoms with E-state index in [9.17, 15) is 0 Å². The van der Waals surface area contributed by atoms with Gasteiger partial charge in [0.15, 0.2) is 5.82 Å². The molecule has 4 nitrogen and oxygen atoms in total. The first-order valence-electron chi connectivity index (χ1n) is 18.9. The summed E-state index contributed by atoms with van der Waals surface area (Å²) in [6, 6.07) is 76.8. The van der Waals surface area contributed by atoms with Crippen LogP contribution in [0.4, 0.5) is 17.1 Å². The molecule has 0 spiro atoms. The summed E-state index contributed by atoms with van der Waals surface area (Å²) in [5, 5.41) is 2.13. The number of hydrogen-bond donors (Lipinski definition) is 0. The molecule has 0 amide bonds. The Morgan fingerprint density at radius 1 is 0.357 bits per heavy atom. The average Bonchev–Trinajstić information content (AvgIpc) is 3.62. The highest BCUT2D eigenvalue weighted by Crippen LogP contribution is 2.41. The Morgan fingerprint density at radius 3 is 1.39 bits per heavy atom. The summed E-state index contributed by atoms with van der Waals surface area (Å²) in [5.74, 6) is 0.699. The molecule has 0 radical (unpaired) electrons. The largest absolute Gasteiger partial charge is 0.311 e. The minimum Gasteiger partial charge on any atom is -0.311 e. The molecule has 0 unspecified atom stereocenters. The molecular formula is C52H36N4. The van der Waals surface area contributed by atoms with Crippen LogP contribution in [0.2, 0.25) is 0 Å². The van der Waals surface area contributed by atoms with E-state index in [4.69, 9.17) is 9.97 Å². The van der Waals surface area contributed by atoms with E-state index < -0.39 is 0 Å². The molecule has 2 heterocycles. The van der Waals surface area contributed by atoms with Gasteiger partial charge in [0.25, 0.3) is 0 Å². The van der Waals surface area contributed by atoms with Crippen molar-refractivity contribution in [1.82, 2.24) is 14.5 Å². The van der Waals surface area contributed by atoms with Crippen molar-refractivity contribution in [3.05, 3.63) is 218 Å². The van der Waals surface area contributed by atoms with Crippen LogP contribution >= 0.6 is 0 Å². The van der Waals surface area contributed by atoms with Crippen molar-refractivity contribution in [3.63, 3.8) is 0 Å². The molecule has 0 bridgehead atoms. The summed E-state index contributed by atoms with van der Waals surface area (Å²) in [4.78, 5) is 12.9. The number of anilines is 3. The van der Waals surface area contributed by atoms with Gasteiger partial charge in [0.1, 0.15) is 5.65 Å². The van der Waals surface area contributed by atoms with Crippen LogP contribution in [0.15, 0.2) is 218 Å². The minimum atomic E-state index is 0.699. The van der Waals surface area contributed by atoms with Crippen molar-refractivity contribution in [3.8, 4) is 50.6 Å². The van der Waals surface area contributed by atoms with Gasteiger partial charge in [-0.1, -0.05) is 158 Å². The highest BCUT2D eigenvalue weighted by molar-refractivity contribution is 6.15. The quantitative estimate of drug-likeness (QED) is 0.157. The van der Waals surface area contributed by atoms with Gasteiger partial charge in [-0.2, -0.15) is 0 Å². The third kappa shape index (κ3) is 6.09. The van der Waals surface area contributed by atoms with Crippen molar-refractivity contribution < 1.29 is 0 Å². The maximum absolute atomic E-state index is 5.31. The number of fused-ring (bicyclic) bond motifs is 3. The SMILES string of the molecule is c1ccc(-c2ccc(N(c3ccccc3)c3ccc(-c4ccc5c(c4)c4c(-c6ccccc6)nc(-c6ccccc6)nc4n5-c4ccccc4)cc3)cc2)cc1. The zero-order valence-electron chi connectivity index (χ0n) is 30.6. The first kappa shape index (κ1) is 33.0. The van der Waals surface area contributed by atoms with Gasteiger partial charge >= 0.3 is 0 Å². The number of rotatable bonds is 8. The number of hydrogen-bond acceptors (Lipinski definition) is 3. The van der Waals surface area contributed by atoms with Crippen molar-refractivity contribution in [1.29, 1.82) is 0 Å². The molecule has 0 fully saturated rings. The van der Waals surface area contributed by atoms with Crippen LogP contribution < -0.4 is 4.90 Å². The lowest BCUT2D eigenvalue weighted by molar-refractivity contribution is 1.11. The van der Waals surface area contributed by atoms with Gasteiger partial charge in [0, 0.05) is 39.3 Å². The van der Waals surface area contributed by atoms with Crippen LogP contribution in [0, 0.1) is 0 Å². The lowest BCUT2D eigenvalue weighted by atomic mass is 10.0. The molecule has 4 heteroatoms. The predicted molar refractivity (Wildman–Crippen MR) is 233 cm³/mol. The molecule has 0 saturated carbocycles. The lowest BCUT2D eigenvalue weighted by Crippen LogP contribution is -2.09. The molecule has 0 aliphatic rings. The van der Waals surface area contributed by atoms with Crippen molar-refractivity contribution in [2.75, 3.05) is 4.90 Å². The molecule has 0 atom stereocenters. The maximum Gasteiger partial charge on any atom is 0.162 e. The summed E-state index contributed by atoms with van der Waals surface area (Å²) < 4.78 is 2.28. The fraction of sp³-hybridized carbons (Fsp3) is 0. The van der Waals surface area contributed by atoms with E-state index in [-0.39, 0.29) is 0 Å². The van der Waals surface area contributed by atoms with E-state index in [2.05, 4.69) is 204 Å². The summed E-state index contributed by atoms with van der Waals surface area (Å²) >= 11 is 0. The van der Waals surface area contributed by atoms with Crippen LogP contribution in [0.3, 0.4) is 0 Å². The van der Waals surface area contributed by atoms with Crippen LogP contribution in [-0.4, -0.2) is 14.5 Å². The fourth-order valence-corrected chi connectivity index (χ4v) is 7.70. The second kappa shape index (κ2) is 14.3. The number of benzene rings is 8. The van der Waals surface area contributed by atoms with Crippen molar-refractivity contribution in [2.24, 2.45) is 0 Å².